The van der Waals surface area contributed by atoms with Crippen LogP contribution in [0.15, 0.2) is 17.5 Å². The molecule has 0 bridgehead atoms. The quantitative estimate of drug-likeness (QED) is 0.800. The molecule has 2 nitrogen and oxygen atoms in total. The number of hydrogen-bond acceptors (Lipinski definition) is 3. The van der Waals surface area contributed by atoms with Gasteiger partial charge in [0, 0.05) is 17.0 Å². The van der Waals surface area contributed by atoms with E-state index in [0.717, 1.165) is 5.13 Å². The molecule has 2 rings (SSSR count). The summed E-state index contributed by atoms with van der Waals surface area (Å²) < 4.78 is 13.4. The Balaban J connectivity index is 2.37. The van der Waals surface area contributed by atoms with Gasteiger partial charge in [0.05, 0.1) is 15.7 Å². The molecule has 2 aromatic rings. The third kappa shape index (κ3) is 2.94. The number of rotatable bonds is 3. The van der Waals surface area contributed by atoms with Crippen LogP contribution in [0.1, 0.15) is 13.8 Å². The first-order valence-corrected chi connectivity index (χ1v) is 6.98. The van der Waals surface area contributed by atoms with E-state index in [1.807, 2.05) is 19.2 Å². The molecule has 0 spiro atoms. The van der Waals surface area contributed by atoms with E-state index >= 15 is 0 Å². The lowest BCUT2D eigenvalue weighted by Crippen LogP contribution is -2.08. The molecule has 0 radical (unpaired) electrons. The Bertz CT molecular complexity index is 569. The fourth-order valence-corrected chi connectivity index (χ4v) is 2.77. The molecule has 1 aromatic carbocycles. The predicted molar refractivity (Wildman–Crippen MR) is 76.3 cm³/mol. The number of anilines is 1. The number of hydrogen-bond donors (Lipinski definition) is 1. The average Bonchev–Trinajstić information content (AvgIpc) is 2.70. The molecule has 0 atom stereocenters. The Morgan fingerprint density at radius 1 is 1.28 bits per heavy atom. The van der Waals surface area contributed by atoms with Crippen molar-refractivity contribution in [1.29, 1.82) is 0 Å². The summed E-state index contributed by atoms with van der Waals surface area (Å²) in [5.74, 6) is -0.498. The Morgan fingerprint density at radius 2 is 2.00 bits per heavy atom. The highest BCUT2D eigenvalue weighted by Gasteiger charge is 2.12. The molecule has 0 fully saturated rings. The number of nitrogens with one attached hydrogen (secondary N) is 1. The zero-order valence-corrected chi connectivity index (χ0v) is 12.1. The molecule has 18 heavy (non-hydrogen) atoms. The summed E-state index contributed by atoms with van der Waals surface area (Å²) in [5, 5.41) is 6.21. The smallest absolute Gasteiger partial charge is 0.183 e. The van der Waals surface area contributed by atoms with Crippen LogP contribution in [0.25, 0.3) is 11.3 Å². The number of halogens is 3. The van der Waals surface area contributed by atoms with E-state index in [1.54, 1.807) is 0 Å². The maximum atomic E-state index is 13.4. The van der Waals surface area contributed by atoms with Gasteiger partial charge in [-0.1, -0.05) is 23.2 Å². The average molecular weight is 305 g/mol. The summed E-state index contributed by atoms with van der Waals surface area (Å²) in [5.41, 5.74) is 1.19. The SMILES string of the molecule is CC(C)Nc1nc(-c2cc(F)c(Cl)cc2Cl)cs1. The second kappa shape index (κ2) is 5.43. The minimum Gasteiger partial charge on any atom is -0.359 e. The minimum absolute atomic E-state index is 0.0134. The van der Waals surface area contributed by atoms with E-state index in [2.05, 4.69) is 10.3 Å². The first-order valence-electron chi connectivity index (χ1n) is 5.34. The molecule has 1 aromatic heterocycles. The Hall–Kier alpha value is -0.840. The van der Waals surface area contributed by atoms with Gasteiger partial charge in [-0.05, 0) is 26.0 Å². The van der Waals surface area contributed by atoms with Crippen LogP contribution in [0.3, 0.4) is 0 Å². The molecule has 1 heterocycles. The molecule has 0 amide bonds. The van der Waals surface area contributed by atoms with Crippen molar-refractivity contribution in [1.82, 2.24) is 4.98 Å². The molecule has 0 saturated heterocycles. The lowest BCUT2D eigenvalue weighted by atomic mass is 10.2. The van der Waals surface area contributed by atoms with Crippen LogP contribution >= 0.6 is 34.5 Å². The maximum Gasteiger partial charge on any atom is 0.183 e. The Morgan fingerprint density at radius 3 is 2.67 bits per heavy atom. The van der Waals surface area contributed by atoms with Crippen LogP contribution in [0, 0.1) is 5.82 Å². The van der Waals surface area contributed by atoms with Gasteiger partial charge in [0.1, 0.15) is 5.82 Å². The van der Waals surface area contributed by atoms with Gasteiger partial charge in [0.2, 0.25) is 0 Å². The van der Waals surface area contributed by atoms with Gasteiger partial charge in [0.15, 0.2) is 5.13 Å². The molecule has 6 heteroatoms. The number of benzene rings is 1. The lowest BCUT2D eigenvalue weighted by Gasteiger charge is -2.05. The van der Waals surface area contributed by atoms with Gasteiger partial charge in [-0.25, -0.2) is 9.37 Å². The van der Waals surface area contributed by atoms with E-state index in [1.165, 1.54) is 23.5 Å². The first-order chi connectivity index (χ1) is 8.47. The number of nitrogens with zero attached hydrogens (tertiary/aromatic N) is 1. The third-order valence-electron chi connectivity index (χ3n) is 2.20. The molecule has 0 aliphatic heterocycles. The Labute approximate surface area is 119 Å². The summed E-state index contributed by atoms with van der Waals surface area (Å²) in [4.78, 5) is 4.37. The van der Waals surface area contributed by atoms with Crippen LogP contribution in [0.4, 0.5) is 9.52 Å². The van der Waals surface area contributed by atoms with Crippen LogP contribution in [0.5, 0.6) is 0 Å². The summed E-state index contributed by atoms with van der Waals surface area (Å²) in [6, 6.07) is 2.99. The van der Waals surface area contributed by atoms with E-state index in [4.69, 9.17) is 23.2 Å². The van der Waals surface area contributed by atoms with Crippen LogP contribution < -0.4 is 5.32 Å². The summed E-state index contributed by atoms with van der Waals surface area (Å²) in [7, 11) is 0. The zero-order valence-electron chi connectivity index (χ0n) is 9.80. The molecule has 1 N–H and O–H groups in total. The number of aromatic nitrogens is 1. The monoisotopic (exact) mass is 304 g/mol. The first kappa shape index (κ1) is 13.6. The van der Waals surface area contributed by atoms with Crippen molar-refractivity contribution in [3.63, 3.8) is 0 Å². The van der Waals surface area contributed by atoms with Crippen molar-refractivity contribution in [2.45, 2.75) is 19.9 Å². The van der Waals surface area contributed by atoms with Gasteiger partial charge >= 0.3 is 0 Å². The van der Waals surface area contributed by atoms with E-state index in [9.17, 15) is 4.39 Å². The fourth-order valence-electron chi connectivity index (χ4n) is 1.43. The van der Waals surface area contributed by atoms with E-state index in [0.29, 0.717) is 22.3 Å². The predicted octanol–water partition coefficient (Wildman–Crippen LogP) is 5.08. The van der Waals surface area contributed by atoms with Crippen molar-refractivity contribution >= 4 is 39.7 Å². The van der Waals surface area contributed by atoms with Gasteiger partial charge in [-0.2, -0.15) is 0 Å². The molecule has 96 valence electrons. The summed E-state index contributed by atoms with van der Waals surface area (Å²) in [6.07, 6.45) is 0. The fraction of sp³-hybridized carbons (Fsp3) is 0.250. The second-order valence-corrected chi connectivity index (χ2v) is 5.76. The lowest BCUT2D eigenvalue weighted by molar-refractivity contribution is 0.628. The van der Waals surface area contributed by atoms with Crippen LogP contribution in [0.2, 0.25) is 10.0 Å². The highest BCUT2D eigenvalue weighted by Crippen LogP contribution is 2.33. The van der Waals surface area contributed by atoms with Crippen molar-refractivity contribution in [3.8, 4) is 11.3 Å². The highest BCUT2D eigenvalue weighted by atomic mass is 35.5. The standard InChI is InChI=1S/C12H11Cl2FN2S/c1-6(2)16-12-17-11(5-18-12)7-3-10(15)9(14)4-8(7)13/h3-6H,1-2H3,(H,16,17). The maximum absolute atomic E-state index is 13.4. The molecule has 0 saturated carbocycles. The molecular weight excluding hydrogens is 294 g/mol. The summed E-state index contributed by atoms with van der Waals surface area (Å²) in [6.45, 7) is 4.05. The molecule has 0 aliphatic carbocycles. The van der Waals surface area contributed by atoms with Gasteiger partial charge in [0.25, 0.3) is 0 Å². The molecule has 0 unspecified atom stereocenters. The normalized spacial score (nSPS) is 11.0. The molecule has 0 aliphatic rings. The van der Waals surface area contributed by atoms with Gasteiger partial charge in [-0.3, -0.25) is 0 Å². The minimum atomic E-state index is -0.498. The summed E-state index contributed by atoms with van der Waals surface area (Å²) >= 11 is 13.2. The molecular formula is C12H11Cl2FN2S. The van der Waals surface area contributed by atoms with Crippen LogP contribution in [-0.4, -0.2) is 11.0 Å². The van der Waals surface area contributed by atoms with Gasteiger partial charge < -0.3 is 5.32 Å². The van der Waals surface area contributed by atoms with Crippen molar-refractivity contribution in [3.05, 3.63) is 33.4 Å². The Kier molecular flexibility index (Phi) is 4.10. The van der Waals surface area contributed by atoms with E-state index in [-0.39, 0.29) is 5.02 Å². The topological polar surface area (TPSA) is 24.9 Å². The number of thiazole rings is 1. The van der Waals surface area contributed by atoms with Gasteiger partial charge in [-0.15, -0.1) is 11.3 Å². The third-order valence-corrected chi connectivity index (χ3v) is 3.58. The highest BCUT2D eigenvalue weighted by molar-refractivity contribution is 7.14. The largest absolute Gasteiger partial charge is 0.359 e. The second-order valence-electron chi connectivity index (χ2n) is 4.08. The van der Waals surface area contributed by atoms with E-state index < -0.39 is 5.82 Å². The van der Waals surface area contributed by atoms with Crippen LogP contribution in [-0.2, 0) is 0 Å². The van der Waals surface area contributed by atoms with Crippen molar-refractivity contribution < 1.29 is 4.39 Å². The van der Waals surface area contributed by atoms with Crippen molar-refractivity contribution in [2.24, 2.45) is 0 Å². The zero-order chi connectivity index (χ0) is 13.3. The van der Waals surface area contributed by atoms with Crippen molar-refractivity contribution in [2.75, 3.05) is 5.32 Å².